The molecule has 29 heavy (non-hydrogen) atoms. The molecule has 3 aromatic rings. The maximum Gasteiger partial charge on any atom is 0.240 e. The Labute approximate surface area is 170 Å². The lowest BCUT2D eigenvalue weighted by molar-refractivity contribution is 0.594. The summed E-state index contributed by atoms with van der Waals surface area (Å²) in [6.07, 6.45) is 2.12. The second kappa shape index (κ2) is 8.29. The van der Waals surface area contributed by atoms with E-state index in [1.807, 2.05) is 13.0 Å². The van der Waals surface area contributed by atoms with E-state index in [2.05, 4.69) is 20.6 Å². The van der Waals surface area contributed by atoms with Crippen LogP contribution in [-0.4, -0.2) is 34.2 Å². The zero-order valence-electron chi connectivity index (χ0n) is 15.5. The van der Waals surface area contributed by atoms with Crippen LogP contribution in [0.5, 0.6) is 0 Å². The van der Waals surface area contributed by atoms with Crippen molar-refractivity contribution in [3.05, 3.63) is 42.2 Å². The van der Waals surface area contributed by atoms with Crippen molar-refractivity contribution in [3.8, 4) is 11.1 Å². The number of nitrogens with one attached hydrogen (secondary N) is 2. The molecule has 0 saturated carbocycles. The molecule has 1 atom stereocenters. The Balaban J connectivity index is 2.46. The lowest BCUT2D eigenvalue weighted by Crippen LogP contribution is -2.28. The molecule has 0 fully saturated rings. The minimum absolute atomic E-state index is 0.0166. The first-order valence-electron chi connectivity index (χ1n) is 8.59. The Morgan fingerprint density at radius 3 is 2.69 bits per heavy atom. The third-order valence-electron chi connectivity index (χ3n) is 4.22. The number of rotatable bonds is 7. The smallest absolute Gasteiger partial charge is 0.240 e. The first-order chi connectivity index (χ1) is 13.8. The van der Waals surface area contributed by atoms with E-state index in [4.69, 9.17) is 16.7 Å². The lowest BCUT2D eigenvalue weighted by Gasteiger charge is -2.17. The van der Waals surface area contributed by atoms with Gasteiger partial charge in [-0.05, 0) is 24.1 Å². The molecule has 12 heteroatoms. The number of hydrogen-bond donors (Lipinski definition) is 5. The predicted molar refractivity (Wildman–Crippen MR) is 113 cm³/mol. The molecule has 0 aliphatic rings. The molecule has 0 spiro atoms. The van der Waals surface area contributed by atoms with Gasteiger partial charge in [-0.3, -0.25) is 4.21 Å². The van der Waals surface area contributed by atoms with Crippen molar-refractivity contribution in [2.24, 2.45) is 21.8 Å². The lowest BCUT2D eigenvalue weighted by atomic mass is 9.97. The van der Waals surface area contributed by atoms with Crippen molar-refractivity contribution < 1.29 is 12.6 Å². The van der Waals surface area contributed by atoms with E-state index in [0.29, 0.717) is 23.1 Å². The van der Waals surface area contributed by atoms with Crippen LogP contribution in [0.3, 0.4) is 0 Å². The van der Waals surface area contributed by atoms with Gasteiger partial charge in [-0.1, -0.05) is 25.1 Å². The number of benzene rings is 2. The number of aromatic amines is 1. The van der Waals surface area contributed by atoms with Gasteiger partial charge in [0.25, 0.3) is 0 Å². The third kappa shape index (κ3) is 4.00. The predicted octanol–water partition coefficient (Wildman–Crippen LogP) is 0.479. The van der Waals surface area contributed by atoms with Crippen LogP contribution in [0.1, 0.15) is 18.9 Å². The molecule has 1 unspecified atom stereocenters. The normalized spacial score (nSPS) is 13.6. The van der Waals surface area contributed by atoms with Gasteiger partial charge in [0.2, 0.25) is 10.0 Å². The summed E-state index contributed by atoms with van der Waals surface area (Å²) in [5.74, 6) is 5.31. The number of para-hydroxylation sites is 1. The number of primary sulfonamides is 1. The quantitative estimate of drug-likeness (QED) is 0.155. The van der Waals surface area contributed by atoms with Crippen LogP contribution in [-0.2, 0) is 20.8 Å². The number of hydrogen-bond acceptors (Lipinski definition) is 7. The second-order valence-corrected chi connectivity index (χ2v) is 9.18. The first-order valence-corrected chi connectivity index (χ1v) is 11.5. The molecule has 0 saturated heterocycles. The van der Waals surface area contributed by atoms with E-state index in [1.165, 1.54) is 12.4 Å². The monoisotopic (exact) mass is 435 g/mol. The zero-order valence-corrected chi connectivity index (χ0v) is 17.2. The summed E-state index contributed by atoms with van der Waals surface area (Å²) in [5, 5.41) is 9.26. The molecule has 2 aromatic carbocycles. The number of aromatic nitrogens is 2. The minimum atomic E-state index is -4.31. The van der Waals surface area contributed by atoms with Crippen LogP contribution < -0.4 is 22.3 Å². The number of amidine groups is 1. The largest absolute Gasteiger partial charge is 0.382 e. The summed E-state index contributed by atoms with van der Waals surface area (Å²) >= 11 is 0. The van der Waals surface area contributed by atoms with Crippen LogP contribution in [0.4, 0.5) is 0 Å². The average Bonchev–Trinajstić information content (AvgIpc) is 3.15. The summed E-state index contributed by atoms with van der Waals surface area (Å²) < 4.78 is 37.8. The summed E-state index contributed by atoms with van der Waals surface area (Å²) in [5.41, 5.74) is 10.5. The van der Waals surface area contributed by atoms with Crippen LogP contribution in [0, 0.1) is 0 Å². The summed E-state index contributed by atoms with van der Waals surface area (Å²) in [7, 11) is -5.91. The van der Waals surface area contributed by atoms with Gasteiger partial charge in [-0.15, -0.1) is 5.10 Å². The highest BCUT2D eigenvalue weighted by Crippen LogP contribution is 2.35. The Kier molecular flexibility index (Phi) is 5.98. The van der Waals surface area contributed by atoms with Gasteiger partial charge < -0.3 is 10.7 Å². The number of fused-ring (bicyclic) bond motifs is 1. The van der Waals surface area contributed by atoms with E-state index in [1.54, 1.807) is 18.2 Å². The molecule has 1 heterocycles. The molecule has 10 nitrogen and oxygen atoms in total. The third-order valence-corrected chi connectivity index (χ3v) is 6.95. The van der Waals surface area contributed by atoms with Crippen LogP contribution in [0.2, 0.25) is 0 Å². The second-order valence-electron chi connectivity index (χ2n) is 6.14. The molecule has 0 radical (unpaired) electrons. The molecular formula is C17H21N7O3S2. The number of nitrogens with two attached hydrogens (primary N) is 3. The van der Waals surface area contributed by atoms with Crippen molar-refractivity contribution in [3.63, 3.8) is 0 Å². The van der Waals surface area contributed by atoms with Crippen molar-refractivity contribution in [2.45, 2.75) is 23.1 Å². The van der Waals surface area contributed by atoms with Crippen molar-refractivity contribution >= 4 is 37.7 Å². The van der Waals surface area contributed by atoms with Gasteiger partial charge in [0.15, 0.2) is 5.84 Å². The Morgan fingerprint density at radius 1 is 1.28 bits per heavy atom. The van der Waals surface area contributed by atoms with Crippen molar-refractivity contribution in [1.82, 2.24) is 15.5 Å². The minimum Gasteiger partial charge on any atom is -0.382 e. The molecule has 0 aliphatic carbocycles. The molecule has 0 amide bonds. The number of nitrogens with zero attached hydrogens (tertiary/aromatic N) is 2. The fourth-order valence-corrected chi connectivity index (χ4v) is 5.70. The topological polar surface area (TPSA) is 182 Å². The summed E-state index contributed by atoms with van der Waals surface area (Å²) in [6, 6.07) is 8.50. The van der Waals surface area contributed by atoms with Gasteiger partial charge in [0, 0.05) is 16.9 Å². The van der Waals surface area contributed by atoms with Crippen LogP contribution in [0.15, 0.2) is 51.6 Å². The van der Waals surface area contributed by atoms with Gasteiger partial charge in [0.1, 0.15) is 4.90 Å². The number of sulfonamides is 1. The van der Waals surface area contributed by atoms with E-state index in [9.17, 15) is 12.6 Å². The van der Waals surface area contributed by atoms with E-state index < -0.39 is 20.8 Å². The molecule has 3 rings (SSSR count). The van der Waals surface area contributed by atoms with Gasteiger partial charge >= 0.3 is 0 Å². The highest BCUT2D eigenvalue weighted by Gasteiger charge is 2.28. The highest BCUT2D eigenvalue weighted by molar-refractivity contribution is 7.91. The molecule has 8 N–H and O–H groups in total. The Hall–Kier alpha value is -2.80. The summed E-state index contributed by atoms with van der Waals surface area (Å²) in [6.45, 7) is 1.84. The Morgan fingerprint density at radius 2 is 2.03 bits per heavy atom. The molecule has 0 bridgehead atoms. The van der Waals surface area contributed by atoms with Crippen LogP contribution >= 0.6 is 0 Å². The molecular weight excluding hydrogens is 414 g/mol. The van der Waals surface area contributed by atoms with Crippen molar-refractivity contribution in [1.29, 1.82) is 0 Å². The highest BCUT2D eigenvalue weighted by atomic mass is 32.2. The molecule has 154 valence electrons. The first kappa shape index (κ1) is 20.9. The van der Waals surface area contributed by atoms with Gasteiger partial charge in [0.05, 0.1) is 33.1 Å². The van der Waals surface area contributed by atoms with E-state index >= 15 is 0 Å². The Bertz CT molecular complexity index is 1220. The van der Waals surface area contributed by atoms with Crippen molar-refractivity contribution in [2.75, 3.05) is 5.75 Å². The number of H-pyrrole nitrogens is 1. The zero-order chi connectivity index (χ0) is 21.2. The fourth-order valence-electron chi connectivity index (χ4n) is 3.11. The summed E-state index contributed by atoms with van der Waals surface area (Å²) in [4.78, 5) is 7.03. The van der Waals surface area contributed by atoms with Gasteiger partial charge in [-0.25, -0.2) is 29.9 Å². The molecule has 1 aromatic heterocycles. The maximum absolute atomic E-state index is 12.7. The average molecular weight is 436 g/mol. The SMILES string of the molecule is CCCS(=O)c1ccc(-c2cccc3[nH]cnc23)c(/C(N)=N/NN)c1S(N)(=O)=O. The maximum atomic E-state index is 12.7. The van der Waals surface area contributed by atoms with Gasteiger partial charge in [-0.2, -0.15) is 0 Å². The standard InChI is InChI=1S/C17H21N7O3S2/c1-2-8-28(25)13-7-6-10(11-4-3-5-12-15(11)22-9-21-12)14(17(18)23-24-19)16(13)29(20,26)27/h3-7,9,24H,2,8,19H2,1H3,(H2,18,23)(H,21,22)(H2,20,26,27). The molecule has 0 aliphatic heterocycles. The van der Waals surface area contributed by atoms with E-state index in [0.717, 1.165) is 5.52 Å². The fraction of sp³-hybridized carbons (Fsp3) is 0.176. The number of hydrazine groups is 1. The number of hydrazone groups is 1. The number of imidazole rings is 1. The van der Waals surface area contributed by atoms with Crippen LogP contribution in [0.25, 0.3) is 22.2 Å². The van der Waals surface area contributed by atoms with E-state index in [-0.39, 0.29) is 26.9 Å².